The van der Waals surface area contributed by atoms with Gasteiger partial charge in [-0.25, -0.2) is 0 Å². The van der Waals surface area contributed by atoms with Crippen LogP contribution in [0.1, 0.15) is 30.7 Å². The van der Waals surface area contributed by atoms with E-state index in [-0.39, 0.29) is 6.61 Å². The first-order valence-electron chi connectivity index (χ1n) is 8.59. The van der Waals surface area contributed by atoms with Crippen LogP contribution >= 0.6 is 0 Å². The molecule has 2 aromatic rings. The van der Waals surface area contributed by atoms with Gasteiger partial charge in [0.15, 0.2) is 0 Å². The molecule has 0 spiro atoms. The Kier molecular flexibility index (Phi) is 5.96. The van der Waals surface area contributed by atoms with Gasteiger partial charge in [0.2, 0.25) is 11.8 Å². The number of hydrogen-bond donors (Lipinski definition) is 1. The fourth-order valence-corrected chi connectivity index (χ4v) is 2.87. The van der Waals surface area contributed by atoms with Crippen LogP contribution in [0, 0.1) is 6.92 Å². The largest absolute Gasteiger partial charge is 0.419 e. The van der Waals surface area contributed by atoms with E-state index >= 15 is 0 Å². The SMILES string of the molecule is Cc1ccc(-c2nnc(CN3CCC(OCCCO)CC3)o2)cc1. The number of benzene rings is 1. The summed E-state index contributed by atoms with van der Waals surface area (Å²) in [6.45, 7) is 5.50. The number of aromatic nitrogens is 2. The Bertz CT molecular complexity index is 619. The van der Waals surface area contributed by atoms with Crippen LogP contribution in [0.3, 0.4) is 0 Å². The standard InChI is InChI=1S/C18H25N3O3/c1-14-3-5-15(6-4-14)18-20-19-17(24-18)13-21-9-7-16(8-10-21)23-12-2-11-22/h3-6,16,22H,2,7-13H2,1H3. The average Bonchev–Trinajstić information content (AvgIpc) is 3.06. The van der Waals surface area contributed by atoms with E-state index in [0.29, 0.717) is 37.5 Å². The highest BCUT2D eigenvalue weighted by atomic mass is 16.5. The van der Waals surface area contributed by atoms with Gasteiger partial charge < -0.3 is 14.3 Å². The van der Waals surface area contributed by atoms with Crippen molar-refractivity contribution in [1.82, 2.24) is 15.1 Å². The Morgan fingerprint density at radius 2 is 1.96 bits per heavy atom. The van der Waals surface area contributed by atoms with Gasteiger partial charge in [-0.15, -0.1) is 10.2 Å². The predicted molar refractivity (Wildman–Crippen MR) is 90.4 cm³/mol. The molecule has 1 aliphatic heterocycles. The Labute approximate surface area is 142 Å². The number of likely N-dealkylation sites (tertiary alicyclic amines) is 1. The molecule has 1 fully saturated rings. The van der Waals surface area contributed by atoms with Gasteiger partial charge in [0, 0.05) is 31.9 Å². The van der Waals surface area contributed by atoms with Crippen LogP contribution in [-0.2, 0) is 11.3 Å². The number of rotatable bonds is 7. The number of ether oxygens (including phenoxy) is 1. The summed E-state index contributed by atoms with van der Waals surface area (Å²) in [5.41, 5.74) is 2.16. The summed E-state index contributed by atoms with van der Waals surface area (Å²) >= 11 is 0. The third-order valence-corrected chi connectivity index (χ3v) is 4.31. The molecular formula is C18H25N3O3. The van der Waals surface area contributed by atoms with Gasteiger partial charge in [0.25, 0.3) is 0 Å². The van der Waals surface area contributed by atoms with Gasteiger partial charge >= 0.3 is 0 Å². The molecular weight excluding hydrogens is 306 g/mol. The van der Waals surface area contributed by atoms with E-state index in [9.17, 15) is 0 Å². The summed E-state index contributed by atoms with van der Waals surface area (Å²) in [6, 6.07) is 8.09. The summed E-state index contributed by atoms with van der Waals surface area (Å²) < 4.78 is 11.6. The van der Waals surface area contributed by atoms with Crippen molar-refractivity contribution in [2.45, 2.75) is 38.8 Å². The minimum Gasteiger partial charge on any atom is -0.419 e. The van der Waals surface area contributed by atoms with Gasteiger partial charge in [0.05, 0.1) is 12.6 Å². The minimum atomic E-state index is 0.194. The lowest BCUT2D eigenvalue weighted by molar-refractivity contribution is -0.000571. The Morgan fingerprint density at radius 3 is 2.67 bits per heavy atom. The molecule has 1 aliphatic rings. The predicted octanol–water partition coefficient (Wildman–Crippen LogP) is 2.41. The topological polar surface area (TPSA) is 71.6 Å². The lowest BCUT2D eigenvalue weighted by Gasteiger charge is -2.30. The normalized spacial score (nSPS) is 16.6. The molecule has 130 valence electrons. The number of nitrogens with zero attached hydrogens (tertiary/aromatic N) is 3. The average molecular weight is 331 g/mol. The van der Waals surface area contributed by atoms with Crippen molar-refractivity contribution in [3.8, 4) is 11.5 Å². The van der Waals surface area contributed by atoms with Crippen LogP contribution in [0.5, 0.6) is 0 Å². The molecule has 0 unspecified atom stereocenters. The lowest BCUT2D eigenvalue weighted by Crippen LogP contribution is -2.36. The molecule has 0 bridgehead atoms. The molecule has 6 heteroatoms. The molecule has 0 aliphatic carbocycles. The summed E-state index contributed by atoms with van der Waals surface area (Å²) in [4.78, 5) is 2.32. The summed E-state index contributed by atoms with van der Waals surface area (Å²) in [5.74, 6) is 1.23. The Morgan fingerprint density at radius 1 is 1.21 bits per heavy atom. The Hall–Kier alpha value is -1.76. The van der Waals surface area contributed by atoms with Crippen molar-refractivity contribution in [2.24, 2.45) is 0 Å². The summed E-state index contributed by atoms with van der Waals surface area (Å²) in [7, 11) is 0. The molecule has 0 saturated carbocycles. The van der Waals surface area contributed by atoms with Crippen molar-refractivity contribution in [1.29, 1.82) is 0 Å². The van der Waals surface area contributed by atoms with Crippen molar-refractivity contribution in [3.63, 3.8) is 0 Å². The van der Waals surface area contributed by atoms with Crippen molar-refractivity contribution < 1.29 is 14.3 Å². The van der Waals surface area contributed by atoms with Gasteiger partial charge in [-0.2, -0.15) is 0 Å². The molecule has 0 amide bonds. The van der Waals surface area contributed by atoms with E-state index in [1.807, 2.05) is 24.3 Å². The van der Waals surface area contributed by atoms with Crippen LogP contribution in [0.15, 0.2) is 28.7 Å². The van der Waals surface area contributed by atoms with Crippen molar-refractivity contribution in [2.75, 3.05) is 26.3 Å². The first-order valence-corrected chi connectivity index (χ1v) is 8.59. The molecule has 1 aromatic heterocycles. The second kappa shape index (κ2) is 8.37. The van der Waals surface area contributed by atoms with Crippen molar-refractivity contribution in [3.05, 3.63) is 35.7 Å². The van der Waals surface area contributed by atoms with Crippen LogP contribution < -0.4 is 0 Å². The summed E-state index contributed by atoms with van der Waals surface area (Å²) in [5, 5.41) is 17.1. The molecule has 2 heterocycles. The summed E-state index contributed by atoms with van der Waals surface area (Å²) in [6.07, 6.45) is 3.03. The molecule has 1 aromatic carbocycles. The van der Waals surface area contributed by atoms with E-state index in [4.69, 9.17) is 14.3 Å². The van der Waals surface area contributed by atoms with Crippen LogP contribution in [0.4, 0.5) is 0 Å². The first kappa shape index (κ1) is 17.1. The van der Waals surface area contributed by atoms with Crippen LogP contribution in [0.2, 0.25) is 0 Å². The van der Waals surface area contributed by atoms with Crippen LogP contribution in [-0.4, -0.2) is 52.6 Å². The lowest BCUT2D eigenvalue weighted by atomic mass is 10.1. The van der Waals surface area contributed by atoms with Crippen molar-refractivity contribution >= 4 is 0 Å². The Balaban J connectivity index is 1.48. The smallest absolute Gasteiger partial charge is 0.247 e. The second-order valence-corrected chi connectivity index (χ2v) is 6.29. The van der Waals surface area contributed by atoms with E-state index in [1.165, 1.54) is 5.56 Å². The zero-order chi connectivity index (χ0) is 16.8. The highest BCUT2D eigenvalue weighted by Gasteiger charge is 2.21. The highest BCUT2D eigenvalue weighted by Crippen LogP contribution is 2.20. The fraction of sp³-hybridized carbons (Fsp3) is 0.556. The molecule has 0 atom stereocenters. The maximum absolute atomic E-state index is 8.79. The second-order valence-electron chi connectivity index (χ2n) is 6.29. The monoisotopic (exact) mass is 331 g/mol. The number of aliphatic hydroxyl groups excluding tert-OH is 1. The molecule has 24 heavy (non-hydrogen) atoms. The molecule has 1 saturated heterocycles. The number of aliphatic hydroxyl groups is 1. The van der Waals surface area contributed by atoms with Gasteiger partial charge in [-0.05, 0) is 38.3 Å². The maximum Gasteiger partial charge on any atom is 0.247 e. The van der Waals surface area contributed by atoms with Gasteiger partial charge in [-0.1, -0.05) is 17.7 Å². The fourth-order valence-electron chi connectivity index (χ4n) is 2.87. The minimum absolute atomic E-state index is 0.194. The molecule has 3 rings (SSSR count). The molecule has 6 nitrogen and oxygen atoms in total. The van der Waals surface area contributed by atoms with E-state index in [1.54, 1.807) is 0 Å². The number of piperidine rings is 1. The zero-order valence-electron chi connectivity index (χ0n) is 14.1. The number of hydrogen-bond acceptors (Lipinski definition) is 6. The van der Waals surface area contributed by atoms with Crippen LogP contribution in [0.25, 0.3) is 11.5 Å². The molecule has 1 N–H and O–H groups in total. The third-order valence-electron chi connectivity index (χ3n) is 4.31. The quantitative estimate of drug-likeness (QED) is 0.786. The zero-order valence-corrected chi connectivity index (χ0v) is 14.1. The van der Waals surface area contributed by atoms with Gasteiger partial charge in [0.1, 0.15) is 0 Å². The number of aryl methyl sites for hydroxylation is 1. The van der Waals surface area contributed by atoms with E-state index < -0.39 is 0 Å². The van der Waals surface area contributed by atoms with E-state index in [0.717, 1.165) is 31.5 Å². The first-order chi connectivity index (χ1) is 11.7. The third kappa shape index (κ3) is 4.63. The molecule has 0 radical (unpaired) electrons. The van der Waals surface area contributed by atoms with E-state index in [2.05, 4.69) is 22.0 Å². The van der Waals surface area contributed by atoms with Gasteiger partial charge in [-0.3, -0.25) is 4.90 Å². The maximum atomic E-state index is 8.79. The highest BCUT2D eigenvalue weighted by molar-refractivity contribution is 5.52.